The first kappa shape index (κ1) is 14.0. The van der Waals surface area contributed by atoms with E-state index in [1.807, 2.05) is 0 Å². The van der Waals surface area contributed by atoms with Crippen molar-refractivity contribution in [1.82, 2.24) is 20.4 Å². The Balaban J connectivity index is 2.07. The summed E-state index contributed by atoms with van der Waals surface area (Å²) >= 11 is 0. The highest BCUT2D eigenvalue weighted by atomic mass is 19.4. The average molecular weight is 286 g/mol. The lowest BCUT2D eigenvalue weighted by molar-refractivity contribution is -0.146. The van der Waals surface area contributed by atoms with Gasteiger partial charge in [0.1, 0.15) is 6.04 Å². The molecule has 0 fully saturated rings. The van der Waals surface area contributed by atoms with Gasteiger partial charge in [-0.3, -0.25) is 9.78 Å². The van der Waals surface area contributed by atoms with Gasteiger partial charge in [-0.2, -0.15) is 18.2 Å². The largest absolute Gasteiger partial charge is 0.455 e. The van der Waals surface area contributed by atoms with Crippen molar-refractivity contribution in [3.63, 3.8) is 0 Å². The zero-order valence-electron chi connectivity index (χ0n) is 10.2. The molecule has 20 heavy (non-hydrogen) atoms. The Bertz CT molecular complexity index is 597. The predicted octanol–water partition coefficient (Wildman–Crippen LogP) is 1.97. The molecule has 2 heterocycles. The lowest BCUT2D eigenvalue weighted by Crippen LogP contribution is -2.27. The van der Waals surface area contributed by atoms with Crippen molar-refractivity contribution in [1.29, 1.82) is 0 Å². The summed E-state index contributed by atoms with van der Waals surface area (Å²) in [5.74, 6) is -2.21. The summed E-state index contributed by atoms with van der Waals surface area (Å²) < 4.78 is 41.4. The molecule has 0 saturated heterocycles. The van der Waals surface area contributed by atoms with Crippen LogP contribution in [0.15, 0.2) is 29.0 Å². The summed E-state index contributed by atoms with van der Waals surface area (Å²) in [5.41, 5.74) is 0.273. The molecular formula is C11H9F3N4O2. The highest BCUT2D eigenvalue weighted by Gasteiger charge is 2.37. The van der Waals surface area contributed by atoms with Crippen molar-refractivity contribution in [2.24, 2.45) is 0 Å². The first-order chi connectivity index (χ1) is 9.38. The van der Waals surface area contributed by atoms with Crippen LogP contribution in [-0.4, -0.2) is 21.0 Å². The third kappa shape index (κ3) is 3.11. The number of aromatic nitrogens is 3. The molecule has 0 aliphatic carbocycles. The maximum atomic E-state index is 12.3. The normalized spacial score (nSPS) is 13.0. The molecule has 6 nitrogen and oxygen atoms in total. The molecular weight excluding hydrogens is 277 g/mol. The van der Waals surface area contributed by atoms with Crippen LogP contribution in [0.1, 0.15) is 35.0 Å². The minimum atomic E-state index is -4.69. The van der Waals surface area contributed by atoms with Gasteiger partial charge in [-0.05, 0) is 19.1 Å². The molecule has 1 unspecified atom stereocenters. The van der Waals surface area contributed by atoms with Gasteiger partial charge >= 0.3 is 6.18 Å². The Hall–Kier alpha value is -2.45. The molecule has 2 aromatic rings. The van der Waals surface area contributed by atoms with E-state index in [0.717, 1.165) is 0 Å². The Morgan fingerprint density at radius 2 is 2.20 bits per heavy atom. The minimum absolute atomic E-state index is 0.273. The number of nitrogens with zero attached hydrogens (tertiary/aromatic N) is 3. The zero-order chi connectivity index (χ0) is 14.8. The SMILES string of the molecule is CC(NC(=O)c1cccnc1)c1nc(C(F)(F)F)no1. The number of carbonyl (C=O) groups is 1. The predicted molar refractivity (Wildman–Crippen MR) is 59.4 cm³/mol. The first-order valence-electron chi connectivity index (χ1n) is 5.49. The standard InChI is InChI=1S/C11H9F3N4O2/c1-6(9-17-10(18-20-9)11(12,13)14)16-8(19)7-3-2-4-15-5-7/h2-6H,1H3,(H,16,19). The molecule has 0 aliphatic rings. The summed E-state index contributed by atoms with van der Waals surface area (Å²) in [6.45, 7) is 1.43. The van der Waals surface area contributed by atoms with Crippen molar-refractivity contribution in [2.75, 3.05) is 0 Å². The fraction of sp³-hybridized carbons (Fsp3) is 0.273. The van der Waals surface area contributed by atoms with Crippen LogP contribution in [0.5, 0.6) is 0 Å². The van der Waals surface area contributed by atoms with Crippen LogP contribution < -0.4 is 5.32 Å². The molecule has 9 heteroatoms. The molecule has 2 rings (SSSR count). The van der Waals surface area contributed by atoms with Gasteiger partial charge in [0.2, 0.25) is 5.89 Å². The van der Waals surface area contributed by atoms with E-state index < -0.39 is 23.9 Å². The molecule has 2 aromatic heterocycles. The fourth-order valence-corrected chi connectivity index (χ4v) is 1.37. The summed E-state index contributed by atoms with van der Waals surface area (Å²) in [4.78, 5) is 18.7. The Labute approximate surface area is 111 Å². The number of pyridine rings is 1. The molecule has 0 aromatic carbocycles. The Morgan fingerprint density at radius 3 is 2.75 bits per heavy atom. The van der Waals surface area contributed by atoms with Crippen molar-refractivity contribution in [2.45, 2.75) is 19.1 Å². The lowest BCUT2D eigenvalue weighted by atomic mass is 10.2. The number of hydrogen-bond acceptors (Lipinski definition) is 5. The maximum absolute atomic E-state index is 12.3. The number of halogens is 3. The average Bonchev–Trinajstić information content (AvgIpc) is 2.89. The summed E-state index contributed by atoms with van der Waals surface area (Å²) in [6.07, 6.45) is -1.86. The van der Waals surface area contributed by atoms with Gasteiger partial charge in [-0.1, -0.05) is 5.16 Å². The third-order valence-electron chi connectivity index (χ3n) is 2.34. The Morgan fingerprint density at radius 1 is 1.45 bits per heavy atom. The molecule has 0 radical (unpaired) electrons. The fourth-order valence-electron chi connectivity index (χ4n) is 1.37. The number of hydrogen-bond donors (Lipinski definition) is 1. The number of carbonyl (C=O) groups excluding carboxylic acids is 1. The molecule has 0 spiro atoms. The van der Waals surface area contributed by atoms with E-state index in [1.54, 1.807) is 6.07 Å². The molecule has 0 aliphatic heterocycles. The van der Waals surface area contributed by atoms with E-state index in [2.05, 4.69) is 25.0 Å². The van der Waals surface area contributed by atoms with E-state index >= 15 is 0 Å². The molecule has 106 valence electrons. The van der Waals surface area contributed by atoms with Gasteiger partial charge in [0.25, 0.3) is 11.7 Å². The quantitative estimate of drug-likeness (QED) is 0.933. The summed E-state index contributed by atoms with van der Waals surface area (Å²) in [5, 5.41) is 5.25. The van der Waals surface area contributed by atoms with Crippen molar-refractivity contribution >= 4 is 5.91 Å². The second kappa shape index (κ2) is 5.27. The topological polar surface area (TPSA) is 80.9 Å². The van der Waals surface area contributed by atoms with E-state index in [4.69, 9.17) is 0 Å². The molecule has 0 bridgehead atoms. The summed E-state index contributed by atoms with van der Waals surface area (Å²) in [7, 11) is 0. The molecule has 1 atom stereocenters. The van der Waals surface area contributed by atoms with Gasteiger partial charge in [-0.25, -0.2) is 0 Å². The number of nitrogens with one attached hydrogen (secondary N) is 1. The number of alkyl halides is 3. The van der Waals surface area contributed by atoms with Gasteiger partial charge in [0.15, 0.2) is 0 Å². The molecule has 1 amide bonds. The van der Waals surface area contributed by atoms with Crippen molar-refractivity contribution in [3.05, 3.63) is 41.8 Å². The summed E-state index contributed by atoms with van der Waals surface area (Å²) in [6, 6.07) is 2.23. The van der Waals surface area contributed by atoms with Crippen LogP contribution in [0, 0.1) is 0 Å². The van der Waals surface area contributed by atoms with Gasteiger partial charge in [-0.15, -0.1) is 0 Å². The van der Waals surface area contributed by atoms with E-state index in [-0.39, 0.29) is 11.5 Å². The highest BCUT2D eigenvalue weighted by Crippen LogP contribution is 2.27. The van der Waals surface area contributed by atoms with Crippen molar-refractivity contribution < 1.29 is 22.5 Å². The second-order valence-corrected chi connectivity index (χ2v) is 3.89. The monoisotopic (exact) mass is 286 g/mol. The zero-order valence-corrected chi connectivity index (χ0v) is 10.2. The van der Waals surface area contributed by atoms with E-state index in [9.17, 15) is 18.0 Å². The van der Waals surface area contributed by atoms with Crippen LogP contribution in [-0.2, 0) is 6.18 Å². The van der Waals surface area contributed by atoms with Crippen LogP contribution in [0.2, 0.25) is 0 Å². The van der Waals surface area contributed by atoms with Crippen LogP contribution in [0.4, 0.5) is 13.2 Å². The maximum Gasteiger partial charge on any atom is 0.455 e. The van der Waals surface area contributed by atoms with Gasteiger partial charge in [0, 0.05) is 12.4 Å². The smallest absolute Gasteiger partial charge is 0.340 e. The minimum Gasteiger partial charge on any atom is -0.340 e. The first-order valence-corrected chi connectivity index (χ1v) is 5.49. The molecule has 1 N–H and O–H groups in total. The van der Waals surface area contributed by atoms with Crippen molar-refractivity contribution in [3.8, 4) is 0 Å². The third-order valence-corrected chi connectivity index (χ3v) is 2.34. The van der Waals surface area contributed by atoms with E-state index in [1.165, 1.54) is 25.4 Å². The Kier molecular flexibility index (Phi) is 3.68. The van der Waals surface area contributed by atoms with Gasteiger partial charge < -0.3 is 9.84 Å². The lowest BCUT2D eigenvalue weighted by Gasteiger charge is -2.09. The van der Waals surface area contributed by atoms with Gasteiger partial charge in [0.05, 0.1) is 5.56 Å². The molecule has 0 saturated carbocycles. The number of rotatable bonds is 3. The highest BCUT2D eigenvalue weighted by molar-refractivity contribution is 5.93. The van der Waals surface area contributed by atoms with Crippen LogP contribution >= 0.6 is 0 Å². The number of amides is 1. The van der Waals surface area contributed by atoms with E-state index in [0.29, 0.717) is 0 Å². The van der Waals surface area contributed by atoms with Crippen LogP contribution in [0.25, 0.3) is 0 Å². The second-order valence-electron chi connectivity index (χ2n) is 3.89. The van der Waals surface area contributed by atoms with Crippen LogP contribution in [0.3, 0.4) is 0 Å².